The van der Waals surface area contributed by atoms with Crippen molar-refractivity contribution in [2.75, 3.05) is 26.9 Å². The molecule has 1 atom stereocenters. The zero-order valence-electron chi connectivity index (χ0n) is 13.7. The largest absolute Gasteiger partial charge is 0.493 e. The number of benzene rings is 1. The first-order valence-electron chi connectivity index (χ1n) is 7.66. The summed E-state index contributed by atoms with van der Waals surface area (Å²) in [5.41, 5.74) is 4.80. The molecule has 126 valence electrons. The molecule has 0 amide bonds. The third-order valence-corrected chi connectivity index (χ3v) is 3.53. The maximum Gasteiger partial charge on any atom is 0.187 e. The van der Waals surface area contributed by atoms with Crippen LogP contribution < -0.4 is 20.2 Å². The highest BCUT2D eigenvalue weighted by molar-refractivity contribution is 7.80. The average Bonchev–Trinajstić information content (AvgIpc) is 2.87. The SMILES string of the molecule is CCOc1cc2c(cc1/C=N\NC(=S)NCCOC)O[C@H](C)C2. The molecule has 2 N–H and O–H groups in total. The fourth-order valence-electron chi connectivity index (χ4n) is 2.30. The first kappa shape index (κ1) is 17.5. The lowest BCUT2D eigenvalue weighted by Crippen LogP contribution is -2.34. The topological polar surface area (TPSA) is 64.1 Å². The van der Waals surface area contributed by atoms with Gasteiger partial charge in [-0.3, -0.25) is 5.43 Å². The summed E-state index contributed by atoms with van der Waals surface area (Å²) in [4.78, 5) is 0. The molecule has 2 rings (SSSR count). The number of nitrogens with zero attached hydrogens (tertiary/aromatic N) is 1. The van der Waals surface area contributed by atoms with E-state index < -0.39 is 0 Å². The van der Waals surface area contributed by atoms with Gasteiger partial charge in [0.05, 0.1) is 19.4 Å². The Balaban J connectivity index is 2.02. The zero-order valence-corrected chi connectivity index (χ0v) is 14.5. The van der Waals surface area contributed by atoms with Crippen molar-refractivity contribution in [2.45, 2.75) is 26.4 Å². The molecular formula is C16H23N3O3S. The van der Waals surface area contributed by atoms with Gasteiger partial charge in [-0.1, -0.05) is 0 Å². The minimum atomic E-state index is 0.197. The second-order valence-corrected chi connectivity index (χ2v) is 5.59. The molecule has 0 saturated carbocycles. The van der Waals surface area contributed by atoms with Crippen LogP contribution in [0.25, 0.3) is 0 Å². The number of rotatable bonds is 7. The average molecular weight is 337 g/mol. The summed E-state index contributed by atoms with van der Waals surface area (Å²) in [6.07, 6.45) is 2.78. The molecular weight excluding hydrogens is 314 g/mol. The molecule has 7 heteroatoms. The first-order chi connectivity index (χ1) is 11.1. The Bertz CT molecular complexity index is 578. The second-order valence-electron chi connectivity index (χ2n) is 5.18. The van der Waals surface area contributed by atoms with Gasteiger partial charge in [0.1, 0.15) is 17.6 Å². The Morgan fingerprint density at radius 2 is 2.35 bits per heavy atom. The van der Waals surface area contributed by atoms with E-state index in [1.165, 1.54) is 5.56 Å². The Morgan fingerprint density at radius 3 is 3.09 bits per heavy atom. The highest BCUT2D eigenvalue weighted by Crippen LogP contribution is 2.34. The van der Waals surface area contributed by atoms with Crippen molar-refractivity contribution in [1.29, 1.82) is 0 Å². The third kappa shape index (κ3) is 5.07. The number of nitrogens with one attached hydrogen (secondary N) is 2. The summed E-state index contributed by atoms with van der Waals surface area (Å²) in [6.45, 7) is 5.83. The molecule has 0 saturated heterocycles. The van der Waals surface area contributed by atoms with Gasteiger partial charge in [0.2, 0.25) is 0 Å². The summed E-state index contributed by atoms with van der Waals surface area (Å²) in [5.74, 6) is 1.69. The second kappa shape index (κ2) is 8.69. The standard InChI is InChI=1S/C16H23N3O3S/c1-4-21-14-8-12-7-11(2)22-15(12)9-13(14)10-18-19-16(23)17-5-6-20-3/h8-11H,4-7H2,1-3H3,(H2,17,19,23)/b18-10-/t11-/m1/s1. The van der Waals surface area contributed by atoms with E-state index in [9.17, 15) is 0 Å². The van der Waals surface area contributed by atoms with E-state index in [-0.39, 0.29) is 6.10 Å². The number of thiocarbonyl (C=S) groups is 1. The van der Waals surface area contributed by atoms with E-state index in [0.29, 0.717) is 24.9 Å². The smallest absolute Gasteiger partial charge is 0.187 e. The minimum Gasteiger partial charge on any atom is -0.493 e. The highest BCUT2D eigenvalue weighted by atomic mass is 32.1. The molecule has 1 heterocycles. The third-order valence-electron chi connectivity index (χ3n) is 3.29. The number of hydrazone groups is 1. The lowest BCUT2D eigenvalue weighted by atomic mass is 10.1. The normalized spacial score (nSPS) is 16.0. The van der Waals surface area contributed by atoms with Crippen molar-refractivity contribution in [3.8, 4) is 11.5 Å². The zero-order chi connectivity index (χ0) is 16.7. The predicted octanol–water partition coefficient (Wildman–Crippen LogP) is 1.85. The molecule has 0 spiro atoms. The molecule has 0 radical (unpaired) electrons. The van der Waals surface area contributed by atoms with Crippen LogP contribution in [0.1, 0.15) is 25.0 Å². The Hall–Kier alpha value is -1.86. The number of hydrogen-bond acceptors (Lipinski definition) is 5. The summed E-state index contributed by atoms with van der Waals surface area (Å²) >= 11 is 5.11. The van der Waals surface area contributed by atoms with Crippen molar-refractivity contribution in [3.63, 3.8) is 0 Å². The van der Waals surface area contributed by atoms with Gasteiger partial charge in [0.15, 0.2) is 5.11 Å². The molecule has 1 aliphatic heterocycles. The molecule has 1 aromatic rings. The van der Waals surface area contributed by atoms with Gasteiger partial charge in [-0.25, -0.2) is 0 Å². The van der Waals surface area contributed by atoms with E-state index in [1.54, 1.807) is 13.3 Å². The summed E-state index contributed by atoms with van der Waals surface area (Å²) in [6, 6.07) is 3.98. The number of hydrogen-bond donors (Lipinski definition) is 2. The fraction of sp³-hybridized carbons (Fsp3) is 0.500. The monoisotopic (exact) mass is 337 g/mol. The van der Waals surface area contributed by atoms with Crippen molar-refractivity contribution in [3.05, 3.63) is 23.3 Å². The van der Waals surface area contributed by atoms with Crippen LogP contribution in [0.5, 0.6) is 11.5 Å². The van der Waals surface area contributed by atoms with E-state index in [0.717, 1.165) is 23.5 Å². The molecule has 1 aliphatic rings. The molecule has 23 heavy (non-hydrogen) atoms. The van der Waals surface area contributed by atoms with Crippen LogP contribution in [0.3, 0.4) is 0 Å². The van der Waals surface area contributed by atoms with Crippen LogP contribution in [-0.4, -0.2) is 44.3 Å². The van der Waals surface area contributed by atoms with Gasteiger partial charge in [-0.05, 0) is 38.2 Å². The van der Waals surface area contributed by atoms with Crippen molar-refractivity contribution >= 4 is 23.5 Å². The van der Waals surface area contributed by atoms with Crippen LogP contribution in [0.4, 0.5) is 0 Å². The summed E-state index contributed by atoms with van der Waals surface area (Å²) in [5, 5.41) is 7.58. The Labute approximate surface area is 142 Å². The number of methoxy groups -OCH3 is 1. The quantitative estimate of drug-likeness (QED) is 0.343. The predicted molar refractivity (Wildman–Crippen MR) is 94.6 cm³/mol. The van der Waals surface area contributed by atoms with Crippen molar-refractivity contribution < 1.29 is 14.2 Å². The molecule has 0 aromatic heterocycles. The van der Waals surface area contributed by atoms with Crippen LogP contribution in [0.15, 0.2) is 17.2 Å². The molecule has 1 aromatic carbocycles. The van der Waals surface area contributed by atoms with Gasteiger partial charge >= 0.3 is 0 Å². The van der Waals surface area contributed by atoms with Gasteiger partial charge in [-0.2, -0.15) is 5.10 Å². The van der Waals surface area contributed by atoms with Crippen LogP contribution >= 0.6 is 12.2 Å². The van der Waals surface area contributed by atoms with Crippen LogP contribution in [-0.2, 0) is 11.2 Å². The summed E-state index contributed by atoms with van der Waals surface area (Å²) in [7, 11) is 1.64. The van der Waals surface area contributed by atoms with Crippen LogP contribution in [0, 0.1) is 0 Å². The van der Waals surface area contributed by atoms with Crippen molar-refractivity contribution in [1.82, 2.24) is 10.7 Å². The maximum atomic E-state index is 5.78. The van der Waals surface area contributed by atoms with E-state index in [4.69, 9.17) is 26.4 Å². The van der Waals surface area contributed by atoms with Gasteiger partial charge in [-0.15, -0.1) is 0 Å². The maximum absolute atomic E-state index is 5.78. The number of ether oxygens (including phenoxy) is 3. The van der Waals surface area contributed by atoms with E-state index >= 15 is 0 Å². The molecule has 0 bridgehead atoms. The van der Waals surface area contributed by atoms with E-state index in [2.05, 4.69) is 22.8 Å². The first-order valence-corrected chi connectivity index (χ1v) is 8.07. The van der Waals surface area contributed by atoms with Crippen LogP contribution in [0.2, 0.25) is 0 Å². The minimum absolute atomic E-state index is 0.197. The van der Waals surface area contributed by atoms with Gasteiger partial charge < -0.3 is 19.5 Å². The van der Waals surface area contributed by atoms with Gasteiger partial charge in [0.25, 0.3) is 0 Å². The number of fused-ring (bicyclic) bond motifs is 1. The Morgan fingerprint density at radius 1 is 1.52 bits per heavy atom. The lowest BCUT2D eigenvalue weighted by Gasteiger charge is -2.10. The molecule has 6 nitrogen and oxygen atoms in total. The Kier molecular flexibility index (Phi) is 6.61. The highest BCUT2D eigenvalue weighted by Gasteiger charge is 2.21. The fourth-order valence-corrected chi connectivity index (χ4v) is 2.46. The molecule has 0 fully saturated rings. The molecule has 0 aliphatic carbocycles. The van der Waals surface area contributed by atoms with E-state index in [1.807, 2.05) is 19.1 Å². The van der Waals surface area contributed by atoms with Crippen molar-refractivity contribution in [2.24, 2.45) is 5.10 Å². The van der Waals surface area contributed by atoms with Gasteiger partial charge in [0, 0.05) is 31.2 Å². The molecule has 0 unspecified atom stereocenters. The lowest BCUT2D eigenvalue weighted by molar-refractivity contribution is 0.204. The summed E-state index contributed by atoms with van der Waals surface area (Å²) < 4.78 is 16.4.